The Morgan fingerprint density at radius 1 is 1.44 bits per heavy atom. The molecule has 0 amide bonds. The summed E-state index contributed by atoms with van der Waals surface area (Å²) < 4.78 is 61.8. The molecule has 1 heterocycles. The highest BCUT2D eigenvalue weighted by atomic mass is 32.2. The van der Waals surface area contributed by atoms with E-state index in [1.54, 1.807) is 0 Å². The van der Waals surface area contributed by atoms with E-state index in [2.05, 4.69) is 0 Å². The molecule has 1 fully saturated rings. The van der Waals surface area contributed by atoms with Crippen LogP contribution < -0.4 is 5.73 Å². The third-order valence-corrected chi connectivity index (χ3v) is 5.78. The van der Waals surface area contributed by atoms with Crippen molar-refractivity contribution in [1.29, 1.82) is 0 Å². The summed E-state index contributed by atoms with van der Waals surface area (Å²) in [4.78, 5) is 0. The minimum absolute atomic E-state index is 0.142. The van der Waals surface area contributed by atoms with Gasteiger partial charge in [0.05, 0.1) is 0 Å². The van der Waals surface area contributed by atoms with Crippen LogP contribution in [0.15, 0.2) is 15.7 Å². The maximum absolute atomic E-state index is 12.4. The lowest BCUT2D eigenvalue weighted by molar-refractivity contribution is -0.136. The summed E-state index contributed by atoms with van der Waals surface area (Å²) in [6.07, 6.45) is -3.61. The molecular weight excluding hydrogens is 289 g/mol. The molecule has 0 saturated heterocycles. The molecule has 0 bridgehead atoms. The SMILES string of the molecule is Nc1csc(S(=O)(=O)N(CC(F)(F)F)C2CC2)c1. The smallest absolute Gasteiger partial charge is 0.398 e. The summed E-state index contributed by atoms with van der Waals surface area (Å²) in [6, 6.07) is 0.645. The Labute approximate surface area is 106 Å². The van der Waals surface area contributed by atoms with Crippen LogP contribution in [0.2, 0.25) is 0 Å². The average molecular weight is 300 g/mol. The van der Waals surface area contributed by atoms with E-state index < -0.39 is 28.8 Å². The van der Waals surface area contributed by atoms with Crippen LogP contribution >= 0.6 is 11.3 Å². The zero-order chi connectivity index (χ0) is 13.6. The Morgan fingerprint density at radius 3 is 2.44 bits per heavy atom. The van der Waals surface area contributed by atoms with Crippen molar-refractivity contribution < 1.29 is 21.6 Å². The number of halogens is 3. The number of sulfonamides is 1. The fourth-order valence-electron chi connectivity index (χ4n) is 1.53. The normalized spacial score (nSPS) is 17.3. The second-order valence-electron chi connectivity index (χ2n) is 4.10. The van der Waals surface area contributed by atoms with Crippen LogP contribution in [-0.4, -0.2) is 31.5 Å². The van der Waals surface area contributed by atoms with Gasteiger partial charge in [0.2, 0.25) is 0 Å². The van der Waals surface area contributed by atoms with E-state index in [0.717, 1.165) is 11.3 Å². The van der Waals surface area contributed by atoms with Gasteiger partial charge in [-0.15, -0.1) is 11.3 Å². The van der Waals surface area contributed by atoms with Gasteiger partial charge in [0.1, 0.15) is 10.8 Å². The molecular formula is C9H11F3N2O2S2. The van der Waals surface area contributed by atoms with E-state index in [4.69, 9.17) is 5.73 Å². The molecule has 2 rings (SSSR count). The van der Waals surface area contributed by atoms with Crippen molar-refractivity contribution in [3.8, 4) is 0 Å². The molecule has 0 atom stereocenters. The molecule has 2 N–H and O–H groups in total. The fraction of sp³-hybridized carbons (Fsp3) is 0.556. The van der Waals surface area contributed by atoms with E-state index in [-0.39, 0.29) is 9.90 Å². The number of nitrogens with two attached hydrogens (primary N) is 1. The Morgan fingerprint density at radius 2 is 2.06 bits per heavy atom. The quantitative estimate of drug-likeness (QED) is 0.925. The monoisotopic (exact) mass is 300 g/mol. The summed E-state index contributed by atoms with van der Waals surface area (Å²) in [7, 11) is -4.10. The van der Waals surface area contributed by atoms with Crippen molar-refractivity contribution in [2.45, 2.75) is 29.3 Å². The van der Waals surface area contributed by atoms with Crippen LogP contribution in [0.1, 0.15) is 12.8 Å². The zero-order valence-electron chi connectivity index (χ0n) is 9.14. The second-order valence-corrected chi connectivity index (χ2v) is 7.12. The molecule has 0 spiro atoms. The summed E-state index contributed by atoms with van der Waals surface area (Å²) in [5, 5.41) is 1.39. The lowest BCUT2D eigenvalue weighted by Crippen LogP contribution is -2.40. The van der Waals surface area contributed by atoms with Crippen LogP contribution in [0, 0.1) is 0 Å². The Balaban J connectivity index is 2.30. The number of alkyl halides is 3. The zero-order valence-corrected chi connectivity index (χ0v) is 10.8. The Kier molecular flexibility index (Phi) is 3.32. The van der Waals surface area contributed by atoms with Crippen LogP contribution in [0.5, 0.6) is 0 Å². The molecule has 0 radical (unpaired) electrons. The van der Waals surface area contributed by atoms with Crippen LogP contribution in [-0.2, 0) is 10.0 Å². The topological polar surface area (TPSA) is 63.4 Å². The largest absolute Gasteiger partial charge is 0.402 e. The van der Waals surface area contributed by atoms with E-state index in [1.165, 1.54) is 11.4 Å². The van der Waals surface area contributed by atoms with Crippen molar-refractivity contribution in [3.05, 3.63) is 11.4 Å². The lowest BCUT2D eigenvalue weighted by atomic mass is 10.6. The highest BCUT2D eigenvalue weighted by molar-refractivity contribution is 7.91. The summed E-state index contributed by atoms with van der Waals surface area (Å²) >= 11 is 0.834. The van der Waals surface area contributed by atoms with Crippen molar-refractivity contribution >= 4 is 27.0 Å². The first-order valence-electron chi connectivity index (χ1n) is 5.13. The predicted octanol–water partition coefficient (Wildman–Crippen LogP) is 2.05. The van der Waals surface area contributed by atoms with Crippen molar-refractivity contribution in [1.82, 2.24) is 4.31 Å². The maximum atomic E-state index is 12.4. The van der Waals surface area contributed by atoms with Gasteiger partial charge in [-0.3, -0.25) is 0 Å². The molecule has 0 aromatic carbocycles. The number of rotatable bonds is 4. The number of nitrogens with zero attached hydrogens (tertiary/aromatic N) is 1. The van der Waals surface area contributed by atoms with Gasteiger partial charge in [0, 0.05) is 17.1 Å². The first kappa shape index (κ1) is 13.6. The van der Waals surface area contributed by atoms with E-state index in [9.17, 15) is 21.6 Å². The summed E-state index contributed by atoms with van der Waals surface area (Å²) in [6.45, 7) is -1.45. The van der Waals surface area contributed by atoms with Gasteiger partial charge in [-0.25, -0.2) is 8.42 Å². The maximum Gasteiger partial charge on any atom is 0.402 e. The first-order chi connectivity index (χ1) is 8.20. The summed E-state index contributed by atoms with van der Waals surface area (Å²) in [5.74, 6) is 0. The van der Waals surface area contributed by atoms with Crippen LogP contribution in [0.25, 0.3) is 0 Å². The molecule has 102 valence electrons. The minimum Gasteiger partial charge on any atom is -0.398 e. The molecule has 1 aliphatic rings. The van der Waals surface area contributed by atoms with Crippen LogP contribution in [0.4, 0.5) is 18.9 Å². The van der Waals surface area contributed by atoms with E-state index in [1.807, 2.05) is 0 Å². The molecule has 0 unspecified atom stereocenters. The number of hydrogen-bond acceptors (Lipinski definition) is 4. The van der Waals surface area contributed by atoms with Crippen molar-refractivity contribution in [2.24, 2.45) is 0 Å². The second kappa shape index (κ2) is 4.39. The average Bonchev–Trinajstić information content (AvgIpc) is 2.95. The number of hydrogen-bond donors (Lipinski definition) is 1. The summed E-state index contributed by atoms with van der Waals surface area (Å²) in [5.41, 5.74) is 5.64. The number of thiophene rings is 1. The highest BCUT2D eigenvalue weighted by Gasteiger charge is 2.45. The Bertz CT molecular complexity index is 534. The Hall–Kier alpha value is -0.800. The minimum atomic E-state index is -4.54. The number of nitrogen functional groups attached to an aromatic ring is 1. The van der Waals surface area contributed by atoms with Crippen LogP contribution in [0.3, 0.4) is 0 Å². The van der Waals surface area contributed by atoms with Crippen molar-refractivity contribution in [2.75, 3.05) is 12.3 Å². The molecule has 1 aromatic heterocycles. The van der Waals surface area contributed by atoms with Gasteiger partial charge in [0.25, 0.3) is 10.0 Å². The molecule has 0 aliphatic heterocycles. The molecule has 1 saturated carbocycles. The standard InChI is InChI=1S/C9H11F3N2O2S2/c10-9(11,12)5-14(7-1-2-7)18(15,16)8-3-6(13)4-17-8/h3-4,7H,1-2,5,13H2. The molecule has 1 aromatic rings. The van der Waals surface area contributed by atoms with Gasteiger partial charge in [-0.2, -0.15) is 17.5 Å². The highest BCUT2D eigenvalue weighted by Crippen LogP contribution is 2.36. The third kappa shape index (κ3) is 2.96. The van der Waals surface area contributed by atoms with Crippen molar-refractivity contribution in [3.63, 3.8) is 0 Å². The fourth-order valence-corrected chi connectivity index (χ4v) is 4.41. The first-order valence-corrected chi connectivity index (χ1v) is 7.45. The van der Waals surface area contributed by atoms with E-state index in [0.29, 0.717) is 17.1 Å². The lowest BCUT2D eigenvalue weighted by Gasteiger charge is -2.22. The molecule has 18 heavy (non-hydrogen) atoms. The molecule has 4 nitrogen and oxygen atoms in total. The van der Waals surface area contributed by atoms with E-state index >= 15 is 0 Å². The van der Waals surface area contributed by atoms with Gasteiger partial charge in [0.15, 0.2) is 0 Å². The predicted molar refractivity (Wildman–Crippen MR) is 61.7 cm³/mol. The number of anilines is 1. The van der Waals surface area contributed by atoms with Gasteiger partial charge in [-0.05, 0) is 18.9 Å². The molecule has 9 heteroatoms. The van der Waals surface area contributed by atoms with Gasteiger partial charge in [-0.1, -0.05) is 0 Å². The van der Waals surface area contributed by atoms with Gasteiger partial charge < -0.3 is 5.73 Å². The molecule has 1 aliphatic carbocycles. The van der Waals surface area contributed by atoms with Gasteiger partial charge >= 0.3 is 6.18 Å². The third-order valence-electron chi connectivity index (χ3n) is 2.45.